The number of carbonyl (C=O) groups is 3. The fourth-order valence-corrected chi connectivity index (χ4v) is 2.81. The van der Waals surface area contributed by atoms with Crippen LogP contribution in [0.3, 0.4) is 0 Å². The SMILES string of the molecule is CCOC(=O)c1cnn2c(-c3cccc(N/C(=C/C(=O)OC)C(=O)OC)c3)ccnc12. The molecule has 0 saturated heterocycles. The summed E-state index contributed by atoms with van der Waals surface area (Å²) in [5.74, 6) is -1.94. The summed E-state index contributed by atoms with van der Waals surface area (Å²) in [6.45, 7) is 1.96. The van der Waals surface area contributed by atoms with E-state index in [0.29, 0.717) is 17.0 Å². The normalized spacial score (nSPS) is 11.1. The zero-order chi connectivity index (χ0) is 22.4. The molecule has 10 nitrogen and oxygen atoms in total. The largest absolute Gasteiger partial charge is 0.466 e. The number of hydrogen-bond acceptors (Lipinski definition) is 9. The van der Waals surface area contributed by atoms with Crippen molar-refractivity contribution in [3.63, 3.8) is 0 Å². The quantitative estimate of drug-likeness (QED) is 0.346. The van der Waals surface area contributed by atoms with E-state index in [2.05, 4.69) is 20.1 Å². The van der Waals surface area contributed by atoms with Crippen LogP contribution in [0, 0.1) is 0 Å². The average Bonchev–Trinajstić information content (AvgIpc) is 3.22. The fourth-order valence-electron chi connectivity index (χ4n) is 2.81. The number of esters is 3. The topological polar surface area (TPSA) is 121 Å². The minimum atomic E-state index is -0.728. The van der Waals surface area contributed by atoms with Gasteiger partial charge in [0.25, 0.3) is 0 Å². The Morgan fingerprint density at radius 3 is 2.68 bits per heavy atom. The Bertz CT molecular complexity index is 1170. The minimum absolute atomic E-state index is 0.0879. The van der Waals surface area contributed by atoms with E-state index in [1.165, 1.54) is 24.9 Å². The lowest BCUT2D eigenvalue weighted by Crippen LogP contribution is -2.15. The maximum Gasteiger partial charge on any atom is 0.354 e. The van der Waals surface area contributed by atoms with Gasteiger partial charge in [0.15, 0.2) is 5.65 Å². The lowest BCUT2D eigenvalue weighted by molar-refractivity contribution is -0.138. The predicted octanol–water partition coefficient (Wildman–Crippen LogP) is 2.21. The Balaban J connectivity index is 1.99. The van der Waals surface area contributed by atoms with Gasteiger partial charge in [-0.25, -0.2) is 23.9 Å². The van der Waals surface area contributed by atoms with Gasteiger partial charge in [0.2, 0.25) is 0 Å². The van der Waals surface area contributed by atoms with Crippen LogP contribution >= 0.6 is 0 Å². The van der Waals surface area contributed by atoms with Crippen LogP contribution in [0.4, 0.5) is 5.69 Å². The van der Waals surface area contributed by atoms with Crippen LogP contribution in [0.2, 0.25) is 0 Å². The summed E-state index contributed by atoms with van der Waals surface area (Å²) < 4.78 is 15.8. The summed E-state index contributed by atoms with van der Waals surface area (Å²) >= 11 is 0. The second-order valence-corrected chi connectivity index (χ2v) is 6.12. The smallest absolute Gasteiger partial charge is 0.354 e. The Morgan fingerprint density at radius 2 is 1.97 bits per heavy atom. The summed E-state index contributed by atoms with van der Waals surface area (Å²) in [7, 11) is 2.41. The number of fused-ring (bicyclic) bond motifs is 1. The van der Waals surface area contributed by atoms with E-state index in [0.717, 1.165) is 11.6 Å². The number of benzene rings is 1. The summed E-state index contributed by atoms with van der Waals surface area (Å²) in [5.41, 5.74) is 2.41. The summed E-state index contributed by atoms with van der Waals surface area (Å²) in [5, 5.41) is 7.13. The highest BCUT2D eigenvalue weighted by Crippen LogP contribution is 2.25. The van der Waals surface area contributed by atoms with Crippen molar-refractivity contribution in [2.24, 2.45) is 0 Å². The van der Waals surface area contributed by atoms with Crippen molar-refractivity contribution in [2.75, 3.05) is 26.1 Å². The van der Waals surface area contributed by atoms with Crippen molar-refractivity contribution in [1.29, 1.82) is 0 Å². The third-order valence-corrected chi connectivity index (χ3v) is 4.20. The van der Waals surface area contributed by atoms with E-state index >= 15 is 0 Å². The Morgan fingerprint density at radius 1 is 1.16 bits per heavy atom. The van der Waals surface area contributed by atoms with Gasteiger partial charge in [-0.05, 0) is 25.1 Å². The number of carbonyl (C=O) groups excluding carboxylic acids is 3. The van der Waals surface area contributed by atoms with E-state index in [-0.39, 0.29) is 17.9 Å². The molecule has 0 bridgehead atoms. The third kappa shape index (κ3) is 4.69. The molecule has 0 atom stereocenters. The number of rotatable bonds is 7. The van der Waals surface area contributed by atoms with Crippen molar-refractivity contribution in [3.8, 4) is 11.3 Å². The first kappa shape index (κ1) is 21.5. The Hall–Kier alpha value is -4.21. The molecule has 10 heteroatoms. The maximum atomic E-state index is 12.1. The summed E-state index contributed by atoms with van der Waals surface area (Å²) in [6.07, 6.45) is 3.97. The van der Waals surface area contributed by atoms with Crippen LogP contribution in [0.15, 0.2) is 54.5 Å². The number of nitrogens with one attached hydrogen (secondary N) is 1. The molecule has 0 amide bonds. The van der Waals surface area contributed by atoms with E-state index in [9.17, 15) is 14.4 Å². The van der Waals surface area contributed by atoms with Gasteiger partial charge < -0.3 is 19.5 Å². The molecular formula is C21H20N4O6. The standard InChI is InChI=1S/C21H20N4O6/c1-4-31-20(27)15-12-23-25-17(8-9-22-19(15)25)13-6-5-7-14(10-13)24-16(21(28)30-3)11-18(26)29-2/h5-12,24H,4H2,1-3H3/b16-11+. The average molecular weight is 424 g/mol. The predicted molar refractivity (Wildman–Crippen MR) is 110 cm³/mol. The highest BCUT2D eigenvalue weighted by atomic mass is 16.5. The number of ether oxygens (including phenoxy) is 3. The molecule has 0 aliphatic carbocycles. The maximum absolute atomic E-state index is 12.1. The van der Waals surface area contributed by atoms with Crippen molar-refractivity contribution in [3.05, 3.63) is 60.1 Å². The molecule has 0 radical (unpaired) electrons. The van der Waals surface area contributed by atoms with Crippen LogP contribution in [0.1, 0.15) is 17.3 Å². The van der Waals surface area contributed by atoms with Crippen LogP contribution in [0.25, 0.3) is 16.9 Å². The molecule has 2 heterocycles. The monoisotopic (exact) mass is 424 g/mol. The highest BCUT2D eigenvalue weighted by molar-refractivity contribution is 5.99. The zero-order valence-electron chi connectivity index (χ0n) is 17.1. The van der Waals surface area contributed by atoms with Gasteiger partial charge in [-0.3, -0.25) is 0 Å². The van der Waals surface area contributed by atoms with Gasteiger partial charge in [-0.15, -0.1) is 0 Å². The molecule has 0 saturated carbocycles. The first-order valence-electron chi connectivity index (χ1n) is 9.23. The first-order valence-corrected chi connectivity index (χ1v) is 9.23. The van der Waals surface area contributed by atoms with Gasteiger partial charge in [-0.2, -0.15) is 5.10 Å². The molecule has 0 unspecified atom stereocenters. The second kappa shape index (κ2) is 9.53. The lowest BCUT2D eigenvalue weighted by Gasteiger charge is -2.11. The fraction of sp³-hybridized carbons (Fsp3) is 0.190. The lowest BCUT2D eigenvalue weighted by atomic mass is 10.1. The number of hydrogen-bond donors (Lipinski definition) is 1. The van der Waals surface area contributed by atoms with Gasteiger partial charge in [0.1, 0.15) is 11.3 Å². The van der Waals surface area contributed by atoms with E-state index < -0.39 is 17.9 Å². The first-order chi connectivity index (χ1) is 15.0. The molecule has 0 aliphatic rings. The summed E-state index contributed by atoms with van der Waals surface area (Å²) in [6, 6.07) is 8.78. The Kier molecular flexibility index (Phi) is 6.61. The third-order valence-electron chi connectivity index (χ3n) is 4.20. The summed E-state index contributed by atoms with van der Waals surface area (Å²) in [4.78, 5) is 39.9. The number of nitrogens with zero attached hydrogens (tertiary/aromatic N) is 3. The molecular weight excluding hydrogens is 404 g/mol. The van der Waals surface area contributed by atoms with Crippen molar-refractivity contribution in [1.82, 2.24) is 14.6 Å². The van der Waals surface area contributed by atoms with Crippen LogP contribution in [0.5, 0.6) is 0 Å². The van der Waals surface area contributed by atoms with E-state index in [1.54, 1.807) is 37.4 Å². The molecule has 0 spiro atoms. The van der Waals surface area contributed by atoms with Gasteiger partial charge in [0, 0.05) is 17.4 Å². The van der Waals surface area contributed by atoms with Crippen molar-refractivity contribution >= 4 is 29.2 Å². The number of aromatic nitrogens is 3. The number of methoxy groups -OCH3 is 2. The highest BCUT2D eigenvalue weighted by Gasteiger charge is 2.18. The molecule has 0 aliphatic heterocycles. The molecule has 1 aromatic carbocycles. The van der Waals surface area contributed by atoms with Gasteiger partial charge >= 0.3 is 17.9 Å². The minimum Gasteiger partial charge on any atom is -0.466 e. The molecule has 1 N–H and O–H groups in total. The molecule has 3 rings (SSSR count). The molecule has 31 heavy (non-hydrogen) atoms. The van der Waals surface area contributed by atoms with Crippen molar-refractivity contribution < 1.29 is 28.6 Å². The second-order valence-electron chi connectivity index (χ2n) is 6.12. The zero-order valence-corrected chi connectivity index (χ0v) is 17.1. The number of anilines is 1. The molecule has 3 aromatic rings. The van der Waals surface area contributed by atoms with Crippen LogP contribution in [-0.4, -0.2) is 53.3 Å². The van der Waals surface area contributed by atoms with Crippen LogP contribution < -0.4 is 5.32 Å². The van der Waals surface area contributed by atoms with Crippen molar-refractivity contribution in [2.45, 2.75) is 6.92 Å². The molecule has 0 fully saturated rings. The van der Waals surface area contributed by atoms with Crippen LogP contribution in [-0.2, 0) is 23.8 Å². The molecule has 2 aromatic heterocycles. The molecule has 160 valence electrons. The Labute approximate surface area is 177 Å². The van der Waals surface area contributed by atoms with Gasteiger partial charge in [0.05, 0.1) is 38.8 Å². The van der Waals surface area contributed by atoms with E-state index in [1.807, 2.05) is 6.07 Å². The van der Waals surface area contributed by atoms with E-state index in [4.69, 9.17) is 9.47 Å². The van der Waals surface area contributed by atoms with Gasteiger partial charge in [-0.1, -0.05) is 12.1 Å².